The molecule has 0 saturated heterocycles. The Labute approximate surface area is 96.8 Å². The number of rotatable bonds is 0. The lowest BCUT2D eigenvalue weighted by Crippen LogP contribution is -2.39. The maximum absolute atomic E-state index is 2.49. The molecule has 0 aromatic rings. The predicted octanol–water partition coefficient (Wildman–Crippen LogP) is 5.13. The highest BCUT2D eigenvalue weighted by Gasteiger charge is 2.40. The quantitative estimate of drug-likeness (QED) is 0.520. The van der Waals surface area contributed by atoms with Gasteiger partial charge in [0.2, 0.25) is 0 Å². The van der Waals surface area contributed by atoms with Gasteiger partial charge in [-0.15, -0.1) is 0 Å². The summed E-state index contributed by atoms with van der Waals surface area (Å²) in [5, 5.41) is 0. The SMILES string of the molecule is CC1C(C(C)(C)C)CCCC1C(C)(C)C. The van der Waals surface area contributed by atoms with Crippen LogP contribution in [-0.4, -0.2) is 0 Å². The minimum atomic E-state index is 0.489. The van der Waals surface area contributed by atoms with Gasteiger partial charge in [0.25, 0.3) is 0 Å². The van der Waals surface area contributed by atoms with Crippen LogP contribution in [0, 0.1) is 28.6 Å². The fourth-order valence-corrected chi connectivity index (χ4v) is 3.81. The normalized spacial score (nSPS) is 34.2. The molecule has 0 nitrogen and oxygen atoms in total. The van der Waals surface area contributed by atoms with E-state index < -0.39 is 0 Å². The molecule has 0 spiro atoms. The molecular formula is C15H30. The van der Waals surface area contributed by atoms with Crippen LogP contribution in [0.15, 0.2) is 0 Å². The van der Waals surface area contributed by atoms with Crippen molar-refractivity contribution in [3.63, 3.8) is 0 Å². The molecule has 0 amide bonds. The largest absolute Gasteiger partial charge is 0.0619 e. The zero-order valence-electron chi connectivity index (χ0n) is 11.9. The van der Waals surface area contributed by atoms with Gasteiger partial charge >= 0.3 is 0 Å². The van der Waals surface area contributed by atoms with E-state index in [1.165, 1.54) is 19.3 Å². The molecule has 1 saturated carbocycles. The van der Waals surface area contributed by atoms with Crippen LogP contribution in [0.4, 0.5) is 0 Å². The molecule has 0 heterocycles. The Morgan fingerprint density at radius 1 is 0.733 bits per heavy atom. The van der Waals surface area contributed by atoms with Crippen molar-refractivity contribution in [1.82, 2.24) is 0 Å². The average molecular weight is 210 g/mol. The highest BCUT2D eigenvalue weighted by atomic mass is 14.5. The molecule has 1 rings (SSSR count). The molecule has 0 aliphatic heterocycles. The lowest BCUT2D eigenvalue weighted by molar-refractivity contribution is 0.0190. The molecule has 1 aliphatic carbocycles. The van der Waals surface area contributed by atoms with Crippen LogP contribution in [0.3, 0.4) is 0 Å². The first-order valence-electron chi connectivity index (χ1n) is 6.64. The second-order valence-electron chi connectivity index (χ2n) is 7.74. The molecule has 1 aliphatic rings. The Hall–Kier alpha value is 0. The van der Waals surface area contributed by atoms with E-state index in [-0.39, 0.29) is 0 Å². The van der Waals surface area contributed by atoms with Gasteiger partial charge in [0, 0.05) is 0 Å². The van der Waals surface area contributed by atoms with Gasteiger partial charge in [0.1, 0.15) is 0 Å². The topological polar surface area (TPSA) is 0 Å². The molecule has 90 valence electrons. The molecular weight excluding hydrogens is 180 g/mol. The molecule has 0 bridgehead atoms. The van der Waals surface area contributed by atoms with Gasteiger partial charge < -0.3 is 0 Å². The number of hydrogen-bond acceptors (Lipinski definition) is 0. The van der Waals surface area contributed by atoms with Crippen molar-refractivity contribution in [3.05, 3.63) is 0 Å². The van der Waals surface area contributed by atoms with Gasteiger partial charge in [-0.3, -0.25) is 0 Å². The number of hydrogen-bond donors (Lipinski definition) is 0. The molecule has 0 N–H and O–H groups in total. The maximum Gasteiger partial charge on any atom is -0.0337 e. The fourth-order valence-electron chi connectivity index (χ4n) is 3.81. The van der Waals surface area contributed by atoms with Gasteiger partial charge in [-0.25, -0.2) is 0 Å². The van der Waals surface area contributed by atoms with Crippen LogP contribution in [0.1, 0.15) is 67.7 Å². The van der Waals surface area contributed by atoms with Crippen molar-refractivity contribution in [2.24, 2.45) is 28.6 Å². The molecule has 2 unspecified atom stereocenters. The molecule has 1 fully saturated rings. The van der Waals surface area contributed by atoms with Gasteiger partial charge in [-0.05, 0) is 41.4 Å². The first kappa shape index (κ1) is 13.1. The summed E-state index contributed by atoms with van der Waals surface area (Å²) < 4.78 is 0. The van der Waals surface area contributed by atoms with E-state index in [1.807, 2.05) is 0 Å². The minimum absolute atomic E-state index is 0.489. The molecule has 0 aromatic carbocycles. The second-order valence-corrected chi connectivity index (χ2v) is 7.74. The summed E-state index contributed by atoms with van der Waals surface area (Å²) in [7, 11) is 0. The first-order chi connectivity index (χ1) is 6.64. The van der Waals surface area contributed by atoms with Crippen molar-refractivity contribution < 1.29 is 0 Å². The summed E-state index contributed by atoms with van der Waals surface area (Å²) in [5.41, 5.74) is 0.979. The predicted molar refractivity (Wildman–Crippen MR) is 68.9 cm³/mol. The van der Waals surface area contributed by atoms with Crippen LogP contribution < -0.4 is 0 Å². The second kappa shape index (κ2) is 4.11. The Bertz CT molecular complexity index is 179. The van der Waals surface area contributed by atoms with Crippen molar-refractivity contribution in [1.29, 1.82) is 0 Å². The van der Waals surface area contributed by atoms with Crippen LogP contribution in [-0.2, 0) is 0 Å². The van der Waals surface area contributed by atoms with Crippen LogP contribution in [0.5, 0.6) is 0 Å². The third-order valence-electron chi connectivity index (χ3n) is 4.52. The maximum atomic E-state index is 2.49. The Kier molecular flexibility index (Phi) is 3.58. The van der Waals surface area contributed by atoms with Gasteiger partial charge in [-0.2, -0.15) is 0 Å². The summed E-state index contributed by atoms with van der Waals surface area (Å²) in [4.78, 5) is 0. The van der Waals surface area contributed by atoms with Crippen molar-refractivity contribution in [3.8, 4) is 0 Å². The molecule has 0 aromatic heterocycles. The molecule has 15 heavy (non-hydrogen) atoms. The van der Waals surface area contributed by atoms with Crippen LogP contribution >= 0.6 is 0 Å². The lowest BCUT2D eigenvalue weighted by atomic mass is 9.58. The molecule has 0 radical (unpaired) electrons. The van der Waals surface area contributed by atoms with E-state index in [0.29, 0.717) is 10.8 Å². The van der Waals surface area contributed by atoms with Crippen molar-refractivity contribution >= 4 is 0 Å². The first-order valence-corrected chi connectivity index (χ1v) is 6.64. The van der Waals surface area contributed by atoms with Gasteiger partial charge in [-0.1, -0.05) is 54.9 Å². The molecule has 2 atom stereocenters. The monoisotopic (exact) mass is 210 g/mol. The highest BCUT2D eigenvalue weighted by molar-refractivity contribution is 4.90. The smallest absolute Gasteiger partial charge is 0.0337 e. The summed E-state index contributed by atoms with van der Waals surface area (Å²) in [5.74, 6) is 2.71. The van der Waals surface area contributed by atoms with E-state index in [0.717, 1.165) is 17.8 Å². The molecule has 0 heteroatoms. The van der Waals surface area contributed by atoms with Gasteiger partial charge in [0.05, 0.1) is 0 Å². The highest BCUT2D eigenvalue weighted by Crippen LogP contribution is 2.49. The summed E-state index contributed by atoms with van der Waals surface area (Å²) in [6.07, 6.45) is 4.32. The van der Waals surface area contributed by atoms with E-state index >= 15 is 0 Å². The minimum Gasteiger partial charge on any atom is -0.0619 e. The van der Waals surface area contributed by atoms with E-state index in [2.05, 4.69) is 48.5 Å². The summed E-state index contributed by atoms with van der Waals surface area (Å²) >= 11 is 0. The third kappa shape index (κ3) is 2.98. The fraction of sp³-hybridized carbons (Fsp3) is 1.00. The third-order valence-corrected chi connectivity index (χ3v) is 4.52. The van der Waals surface area contributed by atoms with Crippen molar-refractivity contribution in [2.45, 2.75) is 67.7 Å². The van der Waals surface area contributed by atoms with Gasteiger partial charge in [0.15, 0.2) is 0 Å². The Morgan fingerprint density at radius 2 is 1.07 bits per heavy atom. The van der Waals surface area contributed by atoms with E-state index in [4.69, 9.17) is 0 Å². The zero-order valence-corrected chi connectivity index (χ0v) is 11.9. The summed E-state index contributed by atoms with van der Waals surface area (Å²) in [6.45, 7) is 17.0. The van der Waals surface area contributed by atoms with E-state index in [9.17, 15) is 0 Å². The standard InChI is InChI=1S/C15H30/c1-11-12(14(2,3)4)9-8-10-13(11)15(5,6)7/h11-13H,8-10H2,1-7H3. The Balaban J connectivity index is 2.81. The Morgan fingerprint density at radius 3 is 1.33 bits per heavy atom. The van der Waals surface area contributed by atoms with E-state index in [1.54, 1.807) is 0 Å². The zero-order chi connectivity index (χ0) is 11.9. The van der Waals surface area contributed by atoms with Crippen molar-refractivity contribution in [2.75, 3.05) is 0 Å². The summed E-state index contributed by atoms with van der Waals surface area (Å²) in [6, 6.07) is 0. The van der Waals surface area contributed by atoms with Crippen LogP contribution in [0.2, 0.25) is 0 Å². The van der Waals surface area contributed by atoms with Crippen LogP contribution in [0.25, 0.3) is 0 Å². The lowest BCUT2D eigenvalue weighted by Gasteiger charge is -2.48. The average Bonchev–Trinajstić information content (AvgIpc) is 1.99.